The fourth-order valence-electron chi connectivity index (χ4n) is 5.98. The van der Waals surface area contributed by atoms with Crippen molar-refractivity contribution in [3.8, 4) is 11.5 Å². The number of ketones is 1. The number of aromatic nitrogens is 2. The monoisotopic (exact) mass is 649 g/mol. The standard InChI is InChI=1S/C36H31N3O5S2/c1-3-16-43-27-12-7-10-23(19-27)31-30(32(40)24-14-15-29-26(18-24)17-21(2)44-29)33(41)34(42)39(31)35-37-38-36(46-35)45-20-25-11-6-9-22-8-4-5-13-28(22)25/h4-15,18-19,21,31,40H,3,16-17,20H2,1-2H3/b32-30+/t21-,31-/m1/s1. The lowest BCUT2D eigenvalue weighted by Gasteiger charge is -2.23. The van der Waals surface area contributed by atoms with E-state index in [1.807, 2.05) is 62.4 Å². The highest BCUT2D eigenvalue weighted by Crippen LogP contribution is 2.45. The lowest BCUT2D eigenvalue weighted by Crippen LogP contribution is -2.29. The molecule has 5 aromatic rings. The molecule has 1 fully saturated rings. The molecule has 0 spiro atoms. The van der Waals surface area contributed by atoms with Crippen LogP contribution in [0, 0.1) is 0 Å². The average Bonchev–Trinajstić information content (AvgIpc) is 3.77. The molecule has 3 heterocycles. The van der Waals surface area contributed by atoms with Gasteiger partial charge in [-0.1, -0.05) is 84.6 Å². The maximum absolute atomic E-state index is 13.8. The predicted octanol–water partition coefficient (Wildman–Crippen LogP) is 7.72. The van der Waals surface area contributed by atoms with E-state index < -0.39 is 17.7 Å². The number of nitrogens with zero attached hydrogens (tertiary/aromatic N) is 3. The summed E-state index contributed by atoms with van der Waals surface area (Å²) in [5.74, 6) is 0.221. The summed E-state index contributed by atoms with van der Waals surface area (Å²) in [6.07, 6.45) is 1.54. The van der Waals surface area contributed by atoms with Gasteiger partial charge in [-0.3, -0.25) is 14.5 Å². The van der Waals surface area contributed by atoms with Crippen molar-refractivity contribution in [3.63, 3.8) is 0 Å². The first-order valence-electron chi connectivity index (χ1n) is 15.2. The lowest BCUT2D eigenvalue weighted by molar-refractivity contribution is -0.132. The highest BCUT2D eigenvalue weighted by molar-refractivity contribution is 8.00. The Balaban J connectivity index is 1.26. The van der Waals surface area contributed by atoms with Gasteiger partial charge in [0.15, 0.2) is 4.34 Å². The van der Waals surface area contributed by atoms with Crippen molar-refractivity contribution in [1.82, 2.24) is 10.2 Å². The molecule has 2 aliphatic rings. The Hall–Kier alpha value is -4.67. The van der Waals surface area contributed by atoms with Crippen molar-refractivity contribution < 1.29 is 24.2 Å². The van der Waals surface area contributed by atoms with Gasteiger partial charge in [0.05, 0.1) is 18.2 Å². The van der Waals surface area contributed by atoms with E-state index in [-0.39, 0.29) is 22.6 Å². The SMILES string of the molecule is CCCOc1cccc([C@@H]2/C(=C(\O)c3ccc4c(c3)C[C@@H](C)O4)C(=O)C(=O)N2c2nnc(SCc3cccc4ccccc34)s2)c1. The fraction of sp³-hybridized carbons (Fsp3) is 0.222. The summed E-state index contributed by atoms with van der Waals surface area (Å²) < 4.78 is 12.4. The van der Waals surface area contributed by atoms with Crippen LogP contribution in [0.3, 0.4) is 0 Å². The molecule has 0 aliphatic carbocycles. The normalized spacial score (nSPS) is 18.6. The van der Waals surface area contributed by atoms with Gasteiger partial charge in [-0.25, -0.2) is 0 Å². The number of hydrogen-bond acceptors (Lipinski definition) is 9. The molecule has 10 heteroatoms. The molecule has 1 N–H and O–H groups in total. The molecule has 0 radical (unpaired) electrons. The van der Waals surface area contributed by atoms with Crippen molar-refractivity contribution in [2.45, 2.75) is 48.9 Å². The van der Waals surface area contributed by atoms with Crippen LogP contribution < -0.4 is 14.4 Å². The summed E-state index contributed by atoms with van der Waals surface area (Å²) >= 11 is 2.77. The molecule has 7 rings (SSSR count). The second kappa shape index (κ2) is 12.6. The number of ether oxygens (including phenoxy) is 2. The third kappa shape index (κ3) is 5.63. The molecule has 1 amide bonds. The van der Waals surface area contributed by atoms with E-state index in [9.17, 15) is 14.7 Å². The first-order chi connectivity index (χ1) is 22.4. The number of Topliss-reactive ketones (excluding diaryl/α,β-unsaturated/α-hetero) is 1. The summed E-state index contributed by atoms with van der Waals surface area (Å²) in [6, 6.07) is 26.1. The van der Waals surface area contributed by atoms with Crippen molar-refractivity contribution in [2.24, 2.45) is 0 Å². The summed E-state index contributed by atoms with van der Waals surface area (Å²) in [4.78, 5) is 28.9. The summed E-state index contributed by atoms with van der Waals surface area (Å²) in [5.41, 5.74) is 3.16. The van der Waals surface area contributed by atoms with Gasteiger partial charge in [-0.15, -0.1) is 10.2 Å². The minimum Gasteiger partial charge on any atom is -0.507 e. The van der Waals surface area contributed by atoms with E-state index in [2.05, 4.69) is 34.5 Å². The first-order valence-corrected chi connectivity index (χ1v) is 17.0. The Bertz CT molecular complexity index is 2000. The number of anilines is 1. The summed E-state index contributed by atoms with van der Waals surface area (Å²) in [6.45, 7) is 4.52. The highest BCUT2D eigenvalue weighted by atomic mass is 32.2. The number of aliphatic hydroxyl groups is 1. The van der Waals surface area contributed by atoms with E-state index in [0.29, 0.717) is 40.0 Å². The minimum atomic E-state index is -0.933. The van der Waals surface area contributed by atoms with Crippen LogP contribution in [0.25, 0.3) is 16.5 Å². The number of benzene rings is 4. The van der Waals surface area contributed by atoms with Gasteiger partial charge in [0.25, 0.3) is 5.78 Å². The van der Waals surface area contributed by atoms with Gasteiger partial charge in [0.1, 0.15) is 23.4 Å². The number of fused-ring (bicyclic) bond motifs is 2. The molecule has 1 aromatic heterocycles. The van der Waals surface area contributed by atoms with Crippen LogP contribution in [0.15, 0.2) is 94.8 Å². The number of aliphatic hydroxyl groups excluding tert-OH is 1. The summed E-state index contributed by atoms with van der Waals surface area (Å²) in [5, 5.41) is 23.1. The Morgan fingerprint density at radius 2 is 1.87 bits per heavy atom. The fourth-order valence-corrected chi connectivity index (χ4v) is 7.85. The predicted molar refractivity (Wildman–Crippen MR) is 181 cm³/mol. The van der Waals surface area contributed by atoms with Gasteiger partial charge in [0.2, 0.25) is 5.13 Å². The third-order valence-electron chi connectivity index (χ3n) is 8.09. The molecule has 1 saturated heterocycles. The van der Waals surface area contributed by atoms with Crippen molar-refractivity contribution in [2.75, 3.05) is 11.5 Å². The van der Waals surface area contributed by atoms with Crippen LogP contribution in [0.2, 0.25) is 0 Å². The van der Waals surface area contributed by atoms with Gasteiger partial charge in [0, 0.05) is 17.7 Å². The van der Waals surface area contributed by atoms with E-state index in [1.54, 1.807) is 12.1 Å². The number of amides is 1. The number of carbonyl (C=O) groups is 2. The van der Waals surface area contributed by atoms with Crippen LogP contribution in [0.5, 0.6) is 11.5 Å². The molecule has 4 aromatic carbocycles. The molecule has 8 nitrogen and oxygen atoms in total. The maximum Gasteiger partial charge on any atom is 0.301 e. The molecular formula is C36H31N3O5S2. The van der Waals surface area contributed by atoms with Crippen LogP contribution in [-0.4, -0.2) is 39.7 Å². The van der Waals surface area contributed by atoms with Crippen LogP contribution in [-0.2, 0) is 21.8 Å². The van der Waals surface area contributed by atoms with Gasteiger partial charge in [-0.05, 0) is 71.1 Å². The minimum absolute atomic E-state index is 0.00952. The number of thioether (sulfide) groups is 1. The Labute approximate surface area is 274 Å². The Morgan fingerprint density at radius 1 is 1.04 bits per heavy atom. The quantitative estimate of drug-likeness (QED) is 0.0570. The van der Waals surface area contributed by atoms with Crippen molar-refractivity contribution in [1.29, 1.82) is 0 Å². The topological polar surface area (TPSA) is 102 Å². The second-order valence-corrected chi connectivity index (χ2v) is 13.5. The third-order valence-corrected chi connectivity index (χ3v) is 10.2. The van der Waals surface area contributed by atoms with E-state index in [0.717, 1.165) is 23.1 Å². The smallest absolute Gasteiger partial charge is 0.301 e. The van der Waals surface area contributed by atoms with E-state index >= 15 is 0 Å². The van der Waals surface area contributed by atoms with Gasteiger partial charge < -0.3 is 14.6 Å². The van der Waals surface area contributed by atoms with Crippen LogP contribution in [0.4, 0.5) is 5.13 Å². The molecule has 0 bridgehead atoms. The summed E-state index contributed by atoms with van der Waals surface area (Å²) in [7, 11) is 0. The number of hydrogen-bond donors (Lipinski definition) is 1. The van der Waals surface area contributed by atoms with Crippen LogP contribution in [0.1, 0.15) is 48.6 Å². The average molecular weight is 650 g/mol. The zero-order valence-electron chi connectivity index (χ0n) is 25.3. The van der Waals surface area contributed by atoms with Crippen molar-refractivity contribution in [3.05, 3.63) is 113 Å². The Morgan fingerprint density at radius 3 is 2.74 bits per heavy atom. The van der Waals surface area contributed by atoms with Gasteiger partial charge in [-0.2, -0.15) is 0 Å². The van der Waals surface area contributed by atoms with E-state index in [4.69, 9.17) is 9.47 Å². The zero-order valence-corrected chi connectivity index (χ0v) is 26.9. The molecule has 46 heavy (non-hydrogen) atoms. The zero-order chi connectivity index (χ0) is 31.8. The molecule has 0 unspecified atom stereocenters. The molecule has 2 atom stereocenters. The maximum atomic E-state index is 13.8. The molecule has 2 aliphatic heterocycles. The largest absolute Gasteiger partial charge is 0.507 e. The van der Waals surface area contributed by atoms with Crippen LogP contribution >= 0.6 is 23.1 Å². The number of rotatable bonds is 9. The second-order valence-electron chi connectivity index (χ2n) is 11.3. The first kappa shape index (κ1) is 30.0. The molecule has 0 saturated carbocycles. The Kier molecular flexibility index (Phi) is 8.23. The number of carbonyl (C=O) groups excluding carboxylic acids is 2. The highest BCUT2D eigenvalue weighted by Gasteiger charge is 2.48. The lowest BCUT2D eigenvalue weighted by atomic mass is 9.94. The van der Waals surface area contributed by atoms with Crippen molar-refractivity contribution >= 4 is 56.5 Å². The van der Waals surface area contributed by atoms with E-state index in [1.165, 1.54) is 38.9 Å². The molecule has 232 valence electrons. The molecular weight excluding hydrogens is 619 g/mol. The van der Waals surface area contributed by atoms with Gasteiger partial charge >= 0.3 is 5.91 Å².